The maximum atomic E-state index is 12.9. The van der Waals surface area contributed by atoms with Gasteiger partial charge in [0.25, 0.3) is 0 Å². The summed E-state index contributed by atoms with van der Waals surface area (Å²) >= 11 is 12.1. The average Bonchev–Trinajstić information content (AvgIpc) is 3.08. The fraction of sp³-hybridized carbons (Fsp3) is 0.111. The predicted molar refractivity (Wildman–Crippen MR) is 101 cm³/mol. The predicted octanol–water partition coefficient (Wildman–Crippen LogP) is 5.38. The summed E-state index contributed by atoms with van der Waals surface area (Å²) in [6, 6.07) is 12.2. The Bertz CT molecular complexity index is 849. The van der Waals surface area contributed by atoms with Crippen LogP contribution in [-0.2, 0) is 0 Å². The van der Waals surface area contributed by atoms with Crippen LogP contribution in [0.2, 0.25) is 10.0 Å². The van der Waals surface area contributed by atoms with Crippen LogP contribution < -0.4 is 4.74 Å². The Hall–Kier alpha value is -2.01. The van der Waals surface area contributed by atoms with Crippen molar-refractivity contribution in [1.82, 2.24) is 9.55 Å². The van der Waals surface area contributed by atoms with Crippen LogP contribution in [-0.4, -0.2) is 15.3 Å². The summed E-state index contributed by atoms with van der Waals surface area (Å²) in [5, 5.41) is 0.750. The van der Waals surface area contributed by atoms with Crippen molar-refractivity contribution < 1.29 is 9.53 Å². The minimum absolute atomic E-state index is 0. The van der Waals surface area contributed by atoms with Crippen molar-refractivity contribution in [3.63, 3.8) is 0 Å². The molecule has 4 nitrogen and oxygen atoms in total. The highest BCUT2D eigenvalue weighted by Crippen LogP contribution is 2.27. The van der Waals surface area contributed by atoms with Crippen LogP contribution >= 0.6 is 35.6 Å². The molecule has 0 amide bonds. The lowest BCUT2D eigenvalue weighted by atomic mass is 10.1. The Morgan fingerprint density at radius 1 is 1.16 bits per heavy atom. The first-order chi connectivity index (χ1) is 11.5. The molecule has 1 heterocycles. The first-order valence-electron chi connectivity index (χ1n) is 7.24. The summed E-state index contributed by atoms with van der Waals surface area (Å²) in [6.45, 7) is 1.98. The molecule has 1 atom stereocenters. The van der Waals surface area contributed by atoms with Crippen LogP contribution in [0.1, 0.15) is 22.1 Å². The minimum atomic E-state index is -0.908. The van der Waals surface area contributed by atoms with Gasteiger partial charge in [0.15, 0.2) is 0 Å². The van der Waals surface area contributed by atoms with Crippen molar-refractivity contribution in [2.24, 2.45) is 0 Å². The summed E-state index contributed by atoms with van der Waals surface area (Å²) < 4.78 is 7.49. The Morgan fingerprint density at radius 3 is 2.48 bits per heavy atom. The maximum absolute atomic E-state index is 12.9. The number of carbonyl (C=O) groups is 1. The number of carbonyl (C=O) groups excluding carboxylic acids is 1. The van der Waals surface area contributed by atoms with Crippen molar-refractivity contribution in [1.29, 1.82) is 0 Å². The van der Waals surface area contributed by atoms with Crippen LogP contribution in [0, 0.1) is 6.92 Å². The van der Waals surface area contributed by atoms with Crippen molar-refractivity contribution in [2.45, 2.75) is 13.2 Å². The molecule has 1 aromatic heterocycles. The third-order valence-corrected chi connectivity index (χ3v) is 4.03. The van der Waals surface area contributed by atoms with Gasteiger partial charge in [0.05, 0.1) is 11.3 Å². The maximum Gasteiger partial charge on any atom is 0.241 e. The summed E-state index contributed by atoms with van der Waals surface area (Å²) in [6.07, 6.45) is 3.87. The van der Waals surface area contributed by atoms with Gasteiger partial charge in [-0.15, -0.1) is 12.4 Å². The normalized spacial score (nSPS) is 11.5. The molecule has 1 unspecified atom stereocenters. The van der Waals surface area contributed by atoms with Crippen molar-refractivity contribution in [2.75, 3.05) is 0 Å². The number of aromatic nitrogens is 2. The molecule has 7 heteroatoms. The SMILES string of the molecule is Cc1ccc(OC(C(=O)c2ccc(Cl)cc2Cl)n2ccnc2)cc1.Cl. The second kappa shape index (κ2) is 8.39. The van der Waals surface area contributed by atoms with Gasteiger partial charge in [0, 0.05) is 23.0 Å². The fourth-order valence-electron chi connectivity index (χ4n) is 2.23. The number of halogens is 3. The van der Waals surface area contributed by atoms with E-state index < -0.39 is 6.23 Å². The van der Waals surface area contributed by atoms with Crippen molar-refractivity contribution in [3.8, 4) is 5.75 Å². The van der Waals surface area contributed by atoms with E-state index in [4.69, 9.17) is 27.9 Å². The van der Waals surface area contributed by atoms with Gasteiger partial charge in [-0.1, -0.05) is 40.9 Å². The number of Topliss-reactive ketones (excluding diaryl/α,β-unsaturated/α-hetero) is 1. The number of ketones is 1. The monoisotopic (exact) mass is 396 g/mol. The highest BCUT2D eigenvalue weighted by Gasteiger charge is 2.25. The zero-order chi connectivity index (χ0) is 17.1. The molecule has 0 aliphatic carbocycles. The Labute approximate surface area is 161 Å². The third-order valence-electron chi connectivity index (χ3n) is 3.49. The number of rotatable bonds is 5. The first kappa shape index (κ1) is 19.3. The average molecular weight is 398 g/mol. The zero-order valence-corrected chi connectivity index (χ0v) is 15.6. The van der Waals surface area contributed by atoms with Crippen LogP contribution in [0.4, 0.5) is 0 Å². The Morgan fingerprint density at radius 2 is 1.88 bits per heavy atom. The Kier molecular flexibility index (Phi) is 6.48. The van der Waals surface area contributed by atoms with Crippen molar-refractivity contribution in [3.05, 3.63) is 82.4 Å². The second-order valence-electron chi connectivity index (χ2n) is 5.28. The van der Waals surface area contributed by atoms with E-state index in [1.165, 1.54) is 12.4 Å². The van der Waals surface area contributed by atoms with Crippen LogP contribution in [0.5, 0.6) is 5.75 Å². The first-order valence-corrected chi connectivity index (χ1v) is 8.00. The molecule has 130 valence electrons. The highest BCUT2D eigenvalue weighted by atomic mass is 35.5. The van der Waals surface area contributed by atoms with Crippen LogP contribution in [0.3, 0.4) is 0 Å². The molecule has 0 bridgehead atoms. The van der Waals surface area contributed by atoms with Gasteiger partial charge in [-0.2, -0.15) is 0 Å². The summed E-state index contributed by atoms with van der Waals surface area (Å²) in [5.74, 6) is 0.299. The molecule has 3 aromatic rings. The largest absolute Gasteiger partial charge is 0.462 e. The molecule has 0 N–H and O–H groups in total. The number of aryl methyl sites for hydroxylation is 1. The van der Waals surface area contributed by atoms with E-state index in [1.54, 1.807) is 29.1 Å². The number of imidazole rings is 1. The van der Waals surface area contributed by atoms with Gasteiger partial charge in [-0.3, -0.25) is 9.36 Å². The van der Waals surface area contributed by atoms with E-state index >= 15 is 0 Å². The van der Waals surface area contributed by atoms with Crippen molar-refractivity contribution >= 4 is 41.4 Å². The van der Waals surface area contributed by atoms with Gasteiger partial charge < -0.3 is 4.74 Å². The lowest BCUT2D eigenvalue weighted by Gasteiger charge is -2.20. The van der Waals surface area contributed by atoms with Gasteiger partial charge in [0.2, 0.25) is 12.0 Å². The molecule has 0 fully saturated rings. The Balaban J connectivity index is 0.00000225. The van der Waals surface area contributed by atoms with E-state index in [2.05, 4.69) is 4.98 Å². The van der Waals surface area contributed by atoms with E-state index in [9.17, 15) is 4.79 Å². The summed E-state index contributed by atoms with van der Waals surface area (Å²) in [4.78, 5) is 16.9. The molecular weight excluding hydrogens is 383 g/mol. The molecule has 0 saturated heterocycles. The minimum Gasteiger partial charge on any atom is -0.462 e. The topological polar surface area (TPSA) is 44.1 Å². The highest BCUT2D eigenvalue weighted by molar-refractivity contribution is 6.36. The summed E-state index contributed by atoms with van der Waals surface area (Å²) in [7, 11) is 0. The number of hydrogen-bond acceptors (Lipinski definition) is 3. The summed E-state index contributed by atoms with van der Waals surface area (Å²) in [5.41, 5.74) is 1.44. The van der Waals surface area contributed by atoms with E-state index in [0.717, 1.165) is 5.56 Å². The van der Waals surface area contributed by atoms with E-state index in [0.29, 0.717) is 16.3 Å². The van der Waals surface area contributed by atoms with E-state index in [-0.39, 0.29) is 23.2 Å². The lowest BCUT2D eigenvalue weighted by Crippen LogP contribution is -2.24. The molecule has 2 aromatic carbocycles. The van der Waals surface area contributed by atoms with E-state index in [1.807, 2.05) is 31.2 Å². The zero-order valence-electron chi connectivity index (χ0n) is 13.2. The molecular formula is C18H15Cl3N2O2. The molecule has 3 rings (SSSR count). The molecule has 25 heavy (non-hydrogen) atoms. The van der Waals surface area contributed by atoms with Gasteiger partial charge >= 0.3 is 0 Å². The molecule has 0 saturated carbocycles. The number of nitrogens with zero attached hydrogens (tertiary/aromatic N) is 2. The number of benzene rings is 2. The lowest BCUT2D eigenvalue weighted by molar-refractivity contribution is 0.0653. The molecule has 0 aliphatic heterocycles. The third kappa shape index (κ3) is 4.54. The molecule has 0 aliphatic rings. The van der Waals surface area contributed by atoms with Crippen LogP contribution in [0.15, 0.2) is 61.2 Å². The molecule has 0 radical (unpaired) electrons. The fourth-order valence-corrected chi connectivity index (χ4v) is 2.73. The quantitative estimate of drug-likeness (QED) is 0.543. The van der Waals surface area contributed by atoms with Gasteiger partial charge in [-0.05, 0) is 37.3 Å². The van der Waals surface area contributed by atoms with Crippen LogP contribution in [0.25, 0.3) is 0 Å². The smallest absolute Gasteiger partial charge is 0.241 e. The molecule has 0 spiro atoms. The standard InChI is InChI=1S/C18H14Cl2N2O2.ClH/c1-12-2-5-14(6-3-12)24-18(22-9-8-21-11-22)17(23)15-7-4-13(19)10-16(15)20;/h2-11,18H,1H3;1H. The van der Waals surface area contributed by atoms with Gasteiger partial charge in [0.1, 0.15) is 5.75 Å². The number of hydrogen-bond donors (Lipinski definition) is 0. The number of ether oxygens (including phenoxy) is 1. The van der Waals surface area contributed by atoms with Gasteiger partial charge in [-0.25, -0.2) is 4.98 Å². The second-order valence-corrected chi connectivity index (χ2v) is 6.13.